The van der Waals surface area contributed by atoms with Crippen LogP contribution in [0.1, 0.15) is 17.3 Å². The number of ether oxygens (including phenoxy) is 1. The Kier molecular flexibility index (Phi) is 4.70. The summed E-state index contributed by atoms with van der Waals surface area (Å²) in [5, 5.41) is 11.8. The highest BCUT2D eigenvalue weighted by Gasteiger charge is 2.08. The summed E-state index contributed by atoms with van der Waals surface area (Å²) in [6, 6.07) is 1.51. The lowest BCUT2D eigenvalue weighted by atomic mass is 10.3. The number of halogens is 1. The fourth-order valence-electron chi connectivity index (χ4n) is 1.01. The van der Waals surface area contributed by atoms with Crippen LogP contribution in [0.15, 0.2) is 16.7 Å². The van der Waals surface area contributed by atoms with Crippen molar-refractivity contribution in [2.45, 2.75) is 13.0 Å². The summed E-state index contributed by atoms with van der Waals surface area (Å²) in [5.41, 5.74) is 0.150. The molecule has 0 amide bonds. The SMILES string of the molecule is COC(C)CNc1ncc(C(=O)O)cc1Br. The van der Waals surface area contributed by atoms with Crippen LogP contribution in [0.3, 0.4) is 0 Å². The molecule has 0 aliphatic carbocycles. The summed E-state index contributed by atoms with van der Waals surface area (Å²) in [4.78, 5) is 14.7. The van der Waals surface area contributed by atoms with Gasteiger partial charge < -0.3 is 15.2 Å². The molecule has 0 saturated heterocycles. The first kappa shape index (κ1) is 12.9. The van der Waals surface area contributed by atoms with E-state index in [4.69, 9.17) is 9.84 Å². The monoisotopic (exact) mass is 288 g/mol. The Morgan fingerprint density at radius 3 is 2.94 bits per heavy atom. The molecule has 1 aromatic rings. The third-order valence-electron chi connectivity index (χ3n) is 2.05. The number of methoxy groups -OCH3 is 1. The Hall–Kier alpha value is -1.14. The van der Waals surface area contributed by atoms with Gasteiger partial charge in [-0.2, -0.15) is 0 Å². The quantitative estimate of drug-likeness (QED) is 0.867. The van der Waals surface area contributed by atoms with Gasteiger partial charge in [-0.15, -0.1) is 0 Å². The second-order valence-electron chi connectivity index (χ2n) is 3.29. The molecular formula is C10H13BrN2O3. The topological polar surface area (TPSA) is 71.5 Å². The lowest BCUT2D eigenvalue weighted by molar-refractivity contribution is 0.0696. The van der Waals surface area contributed by atoms with Crippen LogP contribution in [-0.2, 0) is 4.74 Å². The molecule has 0 aromatic carbocycles. The predicted molar refractivity (Wildman–Crippen MR) is 63.9 cm³/mol. The van der Waals surface area contributed by atoms with E-state index in [2.05, 4.69) is 26.2 Å². The maximum atomic E-state index is 10.7. The molecule has 1 heterocycles. The van der Waals surface area contributed by atoms with E-state index in [-0.39, 0.29) is 11.7 Å². The van der Waals surface area contributed by atoms with E-state index >= 15 is 0 Å². The summed E-state index contributed by atoms with van der Waals surface area (Å²) in [6.45, 7) is 2.53. The second-order valence-corrected chi connectivity index (χ2v) is 4.14. The van der Waals surface area contributed by atoms with E-state index in [0.717, 1.165) is 0 Å². The summed E-state index contributed by atoms with van der Waals surface area (Å²) < 4.78 is 5.70. The molecule has 0 spiro atoms. The number of carbonyl (C=O) groups is 1. The molecule has 88 valence electrons. The molecule has 1 atom stereocenters. The lowest BCUT2D eigenvalue weighted by Gasteiger charge is -2.12. The van der Waals surface area contributed by atoms with Crippen molar-refractivity contribution in [1.82, 2.24) is 4.98 Å². The van der Waals surface area contributed by atoms with Crippen molar-refractivity contribution < 1.29 is 14.6 Å². The van der Waals surface area contributed by atoms with Gasteiger partial charge in [0.1, 0.15) is 5.82 Å². The third kappa shape index (κ3) is 3.46. The first-order valence-corrected chi connectivity index (χ1v) is 5.49. The van der Waals surface area contributed by atoms with Crippen LogP contribution in [0.25, 0.3) is 0 Å². The number of nitrogens with one attached hydrogen (secondary N) is 1. The minimum atomic E-state index is -0.995. The molecule has 0 bridgehead atoms. The van der Waals surface area contributed by atoms with Gasteiger partial charge >= 0.3 is 5.97 Å². The number of aromatic nitrogens is 1. The summed E-state index contributed by atoms with van der Waals surface area (Å²) in [7, 11) is 1.63. The molecule has 1 aromatic heterocycles. The normalized spacial score (nSPS) is 12.2. The van der Waals surface area contributed by atoms with E-state index in [9.17, 15) is 4.79 Å². The van der Waals surface area contributed by atoms with Crippen LogP contribution in [0.5, 0.6) is 0 Å². The van der Waals surface area contributed by atoms with Gasteiger partial charge in [0.15, 0.2) is 0 Å². The fraction of sp³-hybridized carbons (Fsp3) is 0.400. The van der Waals surface area contributed by atoms with Crippen molar-refractivity contribution >= 4 is 27.7 Å². The Labute approximate surface area is 102 Å². The molecule has 0 saturated carbocycles. The maximum Gasteiger partial charge on any atom is 0.337 e. The number of rotatable bonds is 5. The van der Waals surface area contributed by atoms with Crippen LogP contribution >= 0.6 is 15.9 Å². The second kappa shape index (κ2) is 5.81. The Morgan fingerprint density at radius 1 is 1.75 bits per heavy atom. The zero-order valence-corrected chi connectivity index (χ0v) is 10.6. The van der Waals surface area contributed by atoms with Crippen LogP contribution < -0.4 is 5.32 Å². The number of hydrogen-bond donors (Lipinski definition) is 2. The van der Waals surface area contributed by atoms with Gasteiger partial charge in [-0.1, -0.05) is 0 Å². The fourth-order valence-corrected chi connectivity index (χ4v) is 1.50. The largest absolute Gasteiger partial charge is 0.478 e. The zero-order valence-electron chi connectivity index (χ0n) is 9.03. The number of hydrogen-bond acceptors (Lipinski definition) is 4. The van der Waals surface area contributed by atoms with Gasteiger partial charge in [0.25, 0.3) is 0 Å². The lowest BCUT2D eigenvalue weighted by Crippen LogP contribution is -2.19. The summed E-state index contributed by atoms with van der Waals surface area (Å²) in [6.07, 6.45) is 1.38. The molecule has 1 rings (SSSR count). The molecule has 0 aliphatic heterocycles. The summed E-state index contributed by atoms with van der Waals surface area (Å²) >= 11 is 3.26. The van der Waals surface area contributed by atoms with Gasteiger partial charge in [-0.25, -0.2) is 9.78 Å². The number of anilines is 1. The molecule has 1 unspecified atom stereocenters. The Morgan fingerprint density at radius 2 is 2.44 bits per heavy atom. The van der Waals surface area contributed by atoms with Gasteiger partial charge in [0.05, 0.1) is 16.1 Å². The van der Waals surface area contributed by atoms with E-state index in [0.29, 0.717) is 16.8 Å². The minimum Gasteiger partial charge on any atom is -0.478 e. The number of nitrogens with zero attached hydrogens (tertiary/aromatic N) is 1. The molecule has 6 heteroatoms. The smallest absolute Gasteiger partial charge is 0.337 e. The average molecular weight is 289 g/mol. The zero-order chi connectivity index (χ0) is 12.1. The van der Waals surface area contributed by atoms with Crippen molar-refractivity contribution in [3.63, 3.8) is 0 Å². The summed E-state index contributed by atoms with van der Waals surface area (Å²) in [5.74, 6) is -0.390. The average Bonchev–Trinajstić information content (AvgIpc) is 2.26. The number of aromatic carboxylic acids is 1. The molecular weight excluding hydrogens is 276 g/mol. The van der Waals surface area contributed by atoms with Crippen molar-refractivity contribution in [2.75, 3.05) is 19.0 Å². The highest BCUT2D eigenvalue weighted by atomic mass is 79.9. The van der Waals surface area contributed by atoms with Gasteiger partial charge in [-0.3, -0.25) is 0 Å². The molecule has 16 heavy (non-hydrogen) atoms. The Bertz CT molecular complexity index is 384. The van der Waals surface area contributed by atoms with Crippen molar-refractivity contribution in [2.24, 2.45) is 0 Å². The minimum absolute atomic E-state index is 0.0628. The first-order chi connectivity index (χ1) is 7.54. The predicted octanol–water partition coefficient (Wildman–Crippen LogP) is 1.99. The van der Waals surface area contributed by atoms with Crippen molar-refractivity contribution in [3.8, 4) is 0 Å². The highest BCUT2D eigenvalue weighted by molar-refractivity contribution is 9.10. The van der Waals surface area contributed by atoms with Crippen LogP contribution in [0, 0.1) is 0 Å². The number of pyridine rings is 1. The molecule has 0 fully saturated rings. The highest BCUT2D eigenvalue weighted by Crippen LogP contribution is 2.20. The van der Waals surface area contributed by atoms with Crippen LogP contribution in [0.4, 0.5) is 5.82 Å². The number of carboxylic acid groups (broad SMARTS) is 1. The van der Waals surface area contributed by atoms with E-state index in [1.807, 2.05) is 6.92 Å². The van der Waals surface area contributed by atoms with E-state index in [1.165, 1.54) is 12.3 Å². The molecule has 5 nitrogen and oxygen atoms in total. The van der Waals surface area contributed by atoms with Crippen molar-refractivity contribution in [3.05, 3.63) is 22.3 Å². The van der Waals surface area contributed by atoms with Gasteiger partial charge in [0, 0.05) is 19.9 Å². The van der Waals surface area contributed by atoms with Crippen LogP contribution in [0.2, 0.25) is 0 Å². The first-order valence-electron chi connectivity index (χ1n) is 4.70. The van der Waals surface area contributed by atoms with E-state index < -0.39 is 5.97 Å². The van der Waals surface area contributed by atoms with Gasteiger partial charge in [0.2, 0.25) is 0 Å². The Balaban J connectivity index is 2.72. The number of carboxylic acids is 1. The molecule has 0 aliphatic rings. The standard InChI is InChI=1S/C10H13BrN2O3/c1-6(16-2)4-12-9-8(11)3-7(5-13-9)10(14)15/h3,5-6H,4H2,1-2H3,(H,12,13)(H,14,15). The van der Waals surface area contributed by atoms with Crippen molar-refractivity contribution in [1.29, 1.82) is 0 Å². The molecule has 2 N–H and O–H groups in total. The molecule has 0 radical (unpaired) electrons. The maximum absolute atomic E-state index is 10.7. The van der Waals surface area contributed by atoms with Gasteiger partial charge in [-0.05, 0) is 28.9 Å². The van der Waals surface area contributed by atoms with Crippen LogP contribution in [-0.4, -0.2) is 35.8 Å². The third-order valence-corrected chi connectivity index (χ3v) is 2.65. The van der Waals surface area contributed by atoms with E-state index in [1.54, 1.807) is 7.11 Å².